The van der Waals surface area contributed by atoms with E-state index < -0.39 is 18.5 Å². The lowest BCUT2D eigenvalue weighted by molar-refractivity contribution is -0.139. The summed E-state index contributed by atoms with van der Waals surface area (Å²) in [5.41, 5.74) is 1.06. The zero-order valence-electron chi connectivity index (χ0n) is 11.5. The second kappa shape index (κ2) is 6.08. The first-order chi connectivity index (χ1) is 9.95. The predicted octanol–water partition coefficient (Wildman–Crippen LogP) is 2.01. The zero-order valence-corrected chi connectivity index (χ0v) is 11.5. The molecule has 0 saturated carbocycles. The maximum atomic E-state index is 12.0. The molecule has 21 heavy (non-hydrogen) atoms. The van der Waals surface area contributed by atoms with Crippen molar-refractivity contribution in [2.45, 2.75) is 13.8 Å². The minimum Gasteiger partial charge on any atom is -0.482 e. The van der Waals surface area contributed by atoms with Gasteiger partial charge < -0.3 is 19.6 Å². The largest absolute Gasteiger partial charge is 0.482 e. The number of hydrogen-bond acceptors (Lipinski definition) is 5. The summed E-state index contributed by atoms with van der Waals surface area (Å²) in [5, 5.41) is 11.2. The molecule has 7 nitrogen and oxygen atoms in total. The molecule has 2 N–H and O–H groups in total. The van der Waals surface area contributed by atoms with Gasteiger partial charge in [0.15, 0.2) is 12.5 Å². The Morgan fingerprint density at radius 1 is 1.29 bits per heavy atom. The molecule has 0 radical (unpaired) electrons. The summed E-state index contributed by atoms with van der Waals surface area (Å²) in [5.74, 6) is -0.452. The summed E-state index contributed by atoms with van der Waals surface area (Å²) in [6.45, 7) is 2.94. The summed E-state index contributed by atoms with van der Waals surface area (Å²) in [6.07, 6.45) is 0. The van der Waals surface area contributed by atoms with Crippen LogP contribution in [0.25, 0.3) is 0 Å². The highest BCUT2D eigenvalue weighted by molar-refractivity contribution is 6.02. The highest BCUT2D eigenvalue weighted by Crippen LogP contribution is 2.17. The van der Waals surface area contributed by atoms with Crippen molar-refractivity contribution in [2.24, 2.45) is 0 Å². The third-order valence-corrected chi connectivity index (χ3v) is 2.58. The Kier molecular flexibility index (Phi) is 4.22. The fraction of sp³-hybridized carbons (Fsp3) is 0.214. The number of nitrogens with zero attached hydrogens (tertiary/aromatic N) is 1. The van der Waals surface area contributed by atoms with Gasteiger partial charge in [0.25, 0.3) is 5.91 Å². The van der Waals surface area contributed by atoms with E-state index in [2.05, 4.69) is 10.3 Å². The summed E-state index contributed by atoms with van der Waals surface area (Å²) >= 11 is 0. The Labute approximate surface area is 120 Å². The van der Waals surface area contributed by atoms with Gasteiger partial charge in [-0.2, -0.15) is 0 Å². The molecule has 1 aromatic carbocycles. The van der Waals surface area contributed by atoms with Crippen LogP contribution in [-0.4, -0.2) is 28.6 Å². The van der Waals surface area contributed by atoms with Gasteiger partial charge >= 0.3 is 5.97 Å². The number of hydrogen-bond donors (Lipinski definition) is 2. The Bertz CT molecular complexity index is 661. The van der Waals surface area contributed by atoms with Crippen LogP contribution in [0, 0.1) is 13.8 Å². The fourth-order valence-electron chi connectivity index (χ4n) is 1.71. The Balaban J connectivity index is 2.01. The van der Waals surface area contributed by atoms with E-state index in [0.717, 1.165) is 0 Å². The molecule has 0 saturated heterocycles. The Morgan fingerprint density at radius 2 is 1.95 bits per heavy atom. The smallest absolute Gasteiger partial charge is 0.341 e. The quantitative estimate of drug-likeness (QED) is 0.873. The topological polar surface area (TPSA) is 102 Å². The number of ether oxygens (including phenoxy) is 1. The Hall–Kier alpha value is -2.83. The minimum atomic E-state index is -1.05. The molecule has 0 bridgehead atoms. The van der Waals surface area contributed by atoms with Crippen molar-refractivity contribution in [3.05, 3.63) is 41.6 Å². The molecular formula is C14H14N2O5. The van der Waals surface area contributed by atoms with Gasteiger partial charge in [0.05, 0.1) is 5.69 Å². The molecule has 0 aliphatic heterocycles. The van der Waals surface area contributed by atoms with Crippen LogP contribution in [0.3, 0.4) is 0 Å². The van der Waals surface area contributed by atoms with E-state index >= 15 is 0 Å². The van der Waals surface area contributed by atoms with Crippen LogP contribution in [0.5, 0.6) is 5.75 Å². The first kappa shape index (κ1) is 14.6. The summed E-state index contributed by atoms with van der Waals surface area (Å²) < 4.78 is 10.2. The van der Waals surface area contributed by atoms with Crippen LogP contribution in [0.2, 0.25) is 0 Å². The lowest BCUT2D eigenvalue weighted by Gasteiger charge is -2.06. The molecule has 0 fully saturated rings. The first-order valence-corrected chi connectivity index (χ1v) is 6.16. The second-order valence-corrected chi connectivity index (χ2v) is 4.31. The predicted molar refractivity (Wildman–Crippen MR) is 73.5 cm³/mol. The van der Waals surface area contributed by atoms with Crippen LogP contribution < -0.4 is 10.1 Å². The number of carbonyl (C=O) groups excluding carboxylic acids is 1. The highest BCUT2D eigenvalue weighted by Gasteiger charge is 2.15. The SMILES string of the molecule is Cc1nc(C)c(C(=O)Nc2ccc(OCC(=O)O)cc2)o1. The van der Waals surface area contributed by atoms with Crippen molar-refractivity contribution in [3.63, 3.8) is 0 Å². The molecule has 0 aliphatic carbocycles. The van der Waals surface area contributed by atoms with Crippen LogP contribution in [-0.2, 0) is 4.79 Å². The van der Waals surface area contributed by atoms with Crippen molar-refractivity contribution < 1.29 is 23.8 Å². The molecule has 0 unspecified atom stereocenters. The monoisotopic (exact) mass is 290 g/mol. The zero-order chi connectivity index (χ0) is 15.4. The molecule has 1 aromatic heterocycles. The van der Waals surface area contributed by atoms with Gasteiger partial charge in [0, 0.05) is 12.6 Å². The van der Waals surface area contributed by atoms with E-state index in [0.29, 0.717) is 23.0 Å². The fourth-order valence-corrected chi connectivity index (χ4v) is 1.71. The van der Waals surface area contributed by atoms with Gasteiger partial charge in [0.2, 0.25) is 5.76 Å². The highest BCUT2D eigenvalue weighted by atomic mass is 16.5. The number of oxazole rings is 1. The molecule has 1 heterocycles. The first-order valence-electron chi connectivity index (χ1n) is 6.16. The average molecular weight is 290 g/mol. The molecule has 7 heteroatoms. The number of rotatable bonds is 5. The van der Waals surface area contributed by atoms with Crippen molar-refractivity contribution >= 4 is 17.6 Å². The van der Waals surface area contributed by atoms with Gasteiger partial charge in [-0.25, -0.2) is 9.78 Å². The number of aliphatic carboxylic acids is 1. The van der Waals surface area contributed by atoms with Gasteiger partial charge in [-0.3, -0.25) is 4.79 Å². The van der Waals surface area contributed by atoms with Crippen LogP contribution >= 0.6 is 0 Å². The van der Waals surface area contributed by atoms with Gasteiger partial charge in [-0.05, 0) is 31.2 Å². The van der Waals surface area contributed by atoms with E-state index in [4.69, 9.17) is 14.3 Å². The molecule has 0 atom stereocenters. The lowest BCUT2D eigenvalue weighted by atomic mass is 10.3. The number of anilines is 1. The van der Waals surface area contributed by atoms with E-state index in [1.54, 1.807) is 38.1 Å². The number of carbonyl (C=O) groups is 2. The van der Waals surface area contributed by atoms with Crippen molar-refractivity contribution in [3.8, 4) is 5.75 Å². The van der Waals surface area contributed by atoms with E-state index in [1.807, 2.05) is 0 Å². The van der Waals surface area contributed by atoms with Gasteiger partial charge in [0.1, 0.15) is 5.75 Å². The average Bonchev–Trinajstić information content (AvgIpc) is 2.77. The van der Waals surface area contributed by atoms with Crippen molar-refractivity contribution in [1.82, 2.24) is 4.98 Å². The maximum absolute atomic E-state index is 12.0. The number of aryl methyl sites for hydroxylation is 2. The molecule has 2 rings (SSSR count). The van der Waals surface area contributed by atoms with Crippen molar-refractivity contribution in [2.75, 3.05) is 11.9 Å². The van der Waals surface area contributed by atoms with E-state index in [1.165, 1.54) is 0 Å². The molecule has 2 aromatic rings. The standard InChI is InChI=1S/C14H14N2O5/c1-8-13(21-9(2)15-8)14(19)16-10-3-5-11(6-4-10)20-7-12(17)18/h3-6H,7H2,1-2H3,(H,16,19)(H,17,18). The van der Waals surface area contributed by atoms with E-state index in [9.17, 15) is 9.59 Å². The van der Waals surface area contributed by atoms with Crippen molar-refractivity contribution in [1.29, 1.82) is 0 Å². The molecule has 1 amide bonds. The molecule has 0 aliphatic rings. The van der Waals surface area contributed by atoms with Crippen LogP contribution in [0.1, 0.15) is 22.1 Å². The number of benzene rings is 1. The summed E-state index contributed by atoms with van der Waals surface area (Å²) in [4.78, 5) is 26.4. The summed E-state index contributed by atoms with van der Waals surface area (Å²) in [7, 11) is 0. The third-order valence-electron chi connectivity index (χ3n) is 2.58. The van der Waals surface area contributed by atoms with Gasteiger partial charge in [-0.1, -0.05) is 0 Å². The third kappa shape index (κ3) is 3.82. The number of carboxylic acids is 1. The van der Waals surface area contributed by atoms with E-state index in [-0.39, 0.29) is 5.76 Å². The summed E-state index contributed by atoms with van der Waals surface area (Å²) in [6, 6.07) is 6.34. The number of carboxylic acid groups (broad SMARTS) is 1. The van der Waals surface area contributed by atoms with Crippen LogP contribution in [0.4, 0.5) is 5.69 Å². The normalized spacial score (nSPS) is 10.2. The lowest BCUT2D eigenvalue weighted by Crippen LogP contribution is -2.12. The number of nitrogens with one attached hydrogen (secondary N) is 1. The second-order valence-electron chi connectivity index (χ2n) is 4.31. The van der Waals surface area contributed by atoms with Crippen LogP contribution in [0.15, 0.2) is 28.7 Å². The maximum Gasteiger partial charge on any atom is 0.341 e. The molecule has 0 spiro atoms. The molecule has 110 valence electrons. The van der Waals surface area contributed by atoms with Gasteiger partial charge in [-0.15, -0.1) is 0 Å². The Morgan fingerprint density at radius 3 is 2.48 bits per heavy atom. The minimum absolute atomic E-state index is 0.165. The number of aromatic nitrogens is 1. The number of amides is 1. The molecular weight excluding hydrogens is 276 g/mol.